The van der Waals surface area contributed by atoms with Gasteiger partial charge in [0.05, 0.1) is 44.5 Å². The number of benzene rings is 12. The van der Waals surface area contributed by atoms with Crippen LogP contribution in [-0.2, 0) is 91.9 Å². The molecule has 0 spiro atoms. The van der Waals surface area contributed by atoms with E-state index in [-0.39, 0.29) is 55.9 Å². The smallest absolute Gasteiger partial charge is 0.394 e. The van der Waals surface area contributed by atoms with Gasteiger partial charge in [0.2, 0.25) is 12.2 Å². The summed E-state index contributed by atoms with van der Waals surface area (Å²) in [5, 5.41) is 45.3. The number of nitrogens with zero attached hydrogens (tertiary/aromatic N) is 5. The Morgan fingerprint density at radius 2 is 0.659 bits per heavy atom. The Kier molecular flexibility index (Phi) is 43.9. The Bertz CT molecular complexity index is 5970. The van der Waals surface area contributed by atoms with E-state index in [0.29, 0.717) is 63.0 Å². The van der Waals surface area contributed by atoms with Crippen molar-refractivity contribution in [2.45, 2.75) is 123 Å². The van der Waals surface area contributed by atoms with E-state index in [9.17, 15) is 34.5 Å². The SMILES string of the molecule is CCOC(=O)C(Cc1ccc(O)cc1)Oc1ncc(-c2ccccc2)o1.CCOC(=O)C(Cc1ccc(OCc2ccccc2)cc1)Oc1ncc(-c2ccccc2)o1.CCOC(=O)C(O)Cc1ccc(OCc2ccccc2)cc1.C[Si](C)(C)C#N.Clc1ncc(-c2ccccc2)o1.N#CC(O)Cc1ccc(OCc2ccccc2)cc1.O=CCc1ccc(OCc2ccccc2)cc1. The molecule has 26 heteroatoms. The number of aliphatic hydroxyl groups is 2. The van der Waals surface area contributed by atoms with Gasteiger partial charge in [-0.1, -0.05) is 293 Å². The molecule has 12 aromatic carbocycles. The highest BCUT2D eigenvalue weighted by molar-refractivity contribution is 6.83. The Hall–Kier alpha value is -15.6. The topological polar surface area (TPSA) is 338 Å². The van der Waals surface area contributed by atoms with Crippen molar-refractivity contribution in [3.05, 3.63) is 408 Å². The van der Waals surface area contributed by atoms with Crippen molar-refractivity contribution in [3.8, 4) is 86.6 Å². The fraction of sp³-hybridized carbons (Fsp3) is 0.202. The maximum atomic E-state index is 12.5. The summed E-state index contributed by atoms with van der Waals surface area (Å²) in [4.78, 5) is 58.5. The Balaban J connectivity index is 0.000000183. The number of aromatic hydroxyl groups is 1. The molecule has 0 fully saturated rings. The van der Waals surface area contributed by atoms with E-state index in [4.69, 9.17) is 78.0 Å². The van der Waals surface area contributed by atoms with Gasteiger partial charge in [-0.15, -0.1) is 0 Å². The predicted molar refractivity (Wildman–Crippen MR) is 518 cm³/mol. The molecule has 0 amide bonds. The van der Waals surface area contributed by atoms with Gasteiger partial charge in [-0.25, -0.2) is 24.6 Å². The molecule has 15 aromatic rings. The molecule has 4 unspecified atom stereocenters. The summed E-state index contributed by atoms with van der Waals surface area (Å²) in [7, 11) is -1.33. The molecule has 0 aliphatic heterocycles. The number of esters is 3. The van der Waals surface area contributed by atoms with Gasteiger partial charge in [-0.2, -0.15) is 15.2 Å². The first kappa shape index (κ1) is 103. The van der Waals surface area contributed by atoms with E-state index in [1.165, 1.54) is 0 Å². The van der Waals surface area contributed by atoms with Gasteiger partial charge in [-0.05, 0) is 143 Å². The number of aldehydes is 1. The minimum atomic E-state index is -1.33. The molecule has 0 saturated heterocycles. The van der Waals surface area contributed by atoms with Crippen LogP contribution in [0.2, 0.25) is 25.0 Å². The molecule has 15 rings (SSSR count). The predicted octanol–water partition coefficient (Wildman–Crippen LogP) is 21.9. The molecule has 3 heterocycles. The van der Waals surface area contributed by atoms with Crippen molar-refractivity contribution in [2.24, 2.45) is 0 Å². The number of hydrogen-bond donors (Lipinski definition) is 3. The minimum absolute atomic E-state index is 0.000634. The summed E-state index contributed by atoms with van der Waals surface area (Å²) in [6, 6.07) is 107. The van der Waals surface area contributed by atoms with E-state index < -0.39 is 50.4 Å². The summed E-state index contributed by atoms with van der Waals surface area (Å²) in [6.07, 6.45) is 3.40. The van der Waals surface area contributed by atoms with Gasteiger partial charge in [0.15, 0.2) is 31.5 Å². The first-order chi connectivity index (χ1) is 65.6. The lowest BCUT2D eigenvalue weighted by Crippen LogP contribution is -2.31. The number of halogens is 1. The van der Waals surface area contributed by atoms with Gasteiger partial charge >= 0.3 is 30.1 Å². The molecule has 3 N–H and O–H groups in total. The minimum Gasteiger partial charge on any atom is -0.508 e. The van der Waals surface area contributed by atoms with Crippen LogP contribution in [0.15, 0.2) is 365 Å². The Morgan fingerprint density at radius 1 is 0.378 bits per heavy atom. The second-order valence-corrected chi connectivity index (χ2v) is 35.6. The van der Waals surface area contributed by atoms with E-state index in [1.807, 2.05) is 329 Å². The van der Waals surface area contributed by atoms with Crippen LogP contribution in [0.4, 0.5) is 0 Å². The molecular weight excluding hydrogens is 1750 g/mol. The molecule has 0 bridgehead atoms. The lowest BCUT2D eigenvalue weighted by molar-refractivity contribution is -0.153. The first-order valence-corrected chi connectivity index (χ1v) is 47.4. The lowest BCUT2D eigenvalue weighted by Gasteiger charge is -2.15. The molecule has 694 valence electrons. The third kappa shape index (κ3) is 39.1. The van der Waals surface area contributed by atoms with Crippen LogP contribution in [0, 0.1) is 22.3 Å². The lowest BCUT2D eigenvalue weighted by atomic mass is 10.1. The standard InChI is InChI=1S/C27H25NO5.C20H19NO5.C18H20O4.C16H15NO2.C15H14O2.C9H6ClNO.C4H9NSi/c1-2-30-26(29)24(32-27-28-18-25(33-27)22-11-7-4-8-12-22)17-20-13-15-23(16-14-20)31-19-21-9-5-3-6-10-21;1-2-24-19(23)17(12-14-8-10-16(22)11-9-14)25-20-21-13-18(26-20)15-6-4-3-5-7-15;1-2-21-18(20)17(19)12-14-8-10-16(11-9-14)22-13-15-6-4-3-5-7-15;17-11-15(18)10-13-6-8-16(9-7-13)19-12-14-4-2-1-3-5-14;16-11-10-13-6-8-15(9-7-13)17-12-14-4-2-1-3-5-14;10-9-11-6-8(12-9)7-4-2-1-3-5-7;1-6(2,3)4-5/h3-16,18,24H,2,17,19H2,1H3;3-11,13,17,22H,2,12H2,1H3;3-11,17,19H,2,12-13H2,1H3;1-9,15,18H,10,12H2;1-9,11H,10,12H2;1-6H;1-3H3. The maximum Gasteiger partial charge on any atom is 0.394 e. The van der Waals surface area contributed by atoms with Crippen molar-refractivity contribution in [1.82, 2.24) is 15.0 Å². The Morgan fingerprint density at radius 3 is 0.956 bits per heavy atom. The zero-order valence-electron chi connectivity index (χ0n) is 75.8. The highest BCUT2D eigenvalue weighted by atomic mass is 35.5. The van der Waals surface area contributed by atoms with E-state index in [0.717, 1.165) is 96.0 Å². The van der Waals surface area contributed by atoms with Crippen LogP contribution in [0.1, 0.15) is 70.8 Å². The molecule has 0 aliphatic carbocycles. The normalized spacial score (nSPS) is 11.2. The van der Waals surface area contributed by atoms with Crippen molar-refractivity contribution >= 4 is 43.9 Å². The first-order valence-electron chi connectivity index (χ1n) is 43.6. The number of carbonyl (C=O) groups excluding carboxylic acids is 4. The zero-order valence-corrected chi connectivity index (χ0v) is 77.6. The van der Waals surface area contributed by atoms with Crippen molar-refractivity contribution in [2.75, 3.05) is 19.8 Å². The summed E-state index contributed by atoms with van der Waals surface area (Å²) in [5.41, 5.74) is 13.9. The fourth-order valence-corrected chi connectivity index (χ4v) is 12.1. The van der Waals surface area contributed by atoms with Crippen LogP contribution in [-0.4, -0.2) is 107 Å². The average molecular weight is 1860 g/mol. The number of ether oxygens (including phenoxy) is 9. The van der Waals surface area contributed by atoms with Crippen LogP contribution in [0.25, 0.3) is 34.0 Å². The van der Waals surface area contributed by atoms with Crippen molar-refractivity contribution in [3.63, 3.8) is 0 Å². The molecule has 0 aliphatic rings. The number of rotatable bonds is 35. The summed E-state index contributed by atoms with van der Waals surface area (Å²) in [5.74, 6) is 3.50. The van der Waals surface area contributed by atoms with Gasteiger partial charge in [0.1, 0.15) is 67.6 Å². The highest BCUT2D eigenvalue weighted by Crippen LogP contribution is 2.29. The van der Waals surface area contributed by atoms with Crippen molar-refractivity contribution in [1.29, 1.82) is 10.5 Å². The summed E-state index contributed by atoms with van der Waals surface area (Å²) >= 11 is 5.53. The van der Waals surface area contributed by atoms with Gasteiger partial charge in [0, 0.05) is 54.5 Å². The molecule has 24 nitrogen and oxygen atoms in total. The molecule has 0 saturated carbocycles. The average Bonchev–Trinajstić information content (AvgIpc) is 1.80. The number of oxazole rings is 3. The molecule has 3 aromatic heterocycles. The second kappa shape index (κ2) is 57.5. The maximum absolute atomic E-state index is 12.5. The van der Waals surface area contributed by atoms with Crippen LogP contribution < -0.4 is 28.4 Å². The monoisotopic (exact) mass is 1850 g/mol. The van der Waals surface area contributed by atoms with Crippen LogP contribution >= 0.6 is 11.6 Å². The van der Waals surface area contributed by atoms with Gasteiger partial charge in [0.25, 0.3) is 5.35 Å². The van der Waals surface area contributed by atoms with Crippen LogP contribution in [0.5, 0.6) is 40.9 Å². The number of nitriles is 2. The summed E-state index contributed by atoms with van der Waals surface area (Å²) < 4.78 is 65.7. The van der Waals surface area contributed by atoms with E-state index in [2.05, 4.69) is 20.6 Å². The van der Waals surface area contributed by atoms with E-state index >= 15 is 0 Å². The number of carbonyl (C=O) groups is 4. The number of phenolic OH excluding ortho intramolecular Hbond substituents is 1. The largest absolute Gasteiger partial charge is 0.508 e. The number of phenols is 1. The zero-order chi connectivity index (χ0) is 96.0. The number of aromatic nitrogens is 3. The van der Waals surface area contributed by atoms with Gasteiger partial charge in [-0.3, -0.25) is 0 Å². The number of aliphatic hydroxyl groups excluding tert-OH is 2. The summed E-state index contributed by atoms with van der Waals surface area (Å²) in [6.45, 7) is 14.1. The Labute approximate surface area is 792 Å². The van der Waals surface area contributed by atoms with Crippen molar-refractivity contribution < 1.29 is 90.4 Å². The molecule has 135 heavy (non-hydrogen) atoms. The molecular formula is C109H108ClN5O19Si. The second-order valence-electron chi connectivity index (χ2n) is 30.6. The fourth-order valence-electron chi connectivity index (χ4n) is 12.0. The highest BCUT2D eigenvalue weighted by Gasteiger charge is 2.27. The molecule has 0 radical (unpaired) electrons. The van der Waals surface area contributed by atoms with Crippen LogP contribution in [0.3, 0.4) is 0 Å². The van der Waals surface area contributed by atoms with Gasteiger partial charge < -0.3 is 76.0 Å². The number of hydrogen-bond acceptors (Lipinski definition) is 24. The third-order valence-electron chi connectivity index (χ3n) is 18.9. The van der Waals surface area contributed by atoms with E-state index in [1.54, 1.807) is 69.7 Å². The quantitative estimate of drug-likeness (QED) is 0.0109. The third-order valence-corrected chi connectivity index (χ3v) is 19.7. The molecule has 4 atom stereocenters.